The van der Waals surface area contributed by atoms with E-state index in [2.05, 4.69) is 52.6 Å². The fourth-order valence-electron chi connectivity index (χ4n) is 2.28. The molecule has 0 bridgehead atoms. The number of nitrogens with one attached hydrogen (secondary N) is 3. The highest BCUT2D eigenvalue weighted by Gasteiger charge is 2.19. The summed E-state index contributed by atoms with van der Waals surface area (Å²) in [5.74, 6) is 4.18. The van der Waals surface area contributed by atoms with Crippen LogP contribution in [-0.4, -0.2) is 29.9 Å². The van der Waals surface area contributed by atoms with Crippen molar-refractivity contribution < 1.29 is 9.21 Å². The summed E-state index contributed by atoms with van der Waals surface area (Å²) < 4.78 is 5.75. The second-order valence-electron chi connectivity index (χ2n) is 7.19. The van der Waals surface area contributed by atoms with Crippen LogP contribution in [0.4, 0.5) is 5.69 Å². The summed E-state index contributed by atoms with van der Waals surface area (Å²) in [6.07, 6.45) is 7.11. The largest absolute Gasteiger partial charge is 0.443 e. The number of carbonyl (C=O) groups is 1. The SMILES string of the molecule is C#Cc1cccc(NC(=O)CN=C(NCC)NCc2ncc(C(C)(C)C)o2)c1.I. The number of aromatic nitrogens is 1. The Morgan fingerprint density at radius 1 is 1.31 bits per heavy atom. The first-order valence-corrected chi connectivity index (χ1v) is 9.15. The first-order chi connectivity index (χ1) is 13.3. The lowest BCUT2D eigenvalue weighted by molar-refractivity contribution is -0.114. The zero-order valence-corrected chi connectivity index (χ0v) is 19.5. The number of nitrogens with zero attached hydrogens (tertiary/aromatic N) is 2. The number of rotatable bonds is 6. The second-order valence-corrected chi connectivity index (χ2v) is 7.19. The van der Waals surface area contributed by atoms with Gasteiger partial charge in [0.1, 0.15) is 12.3 Å². The molecular formula is C21H28IN5O2. The van der Waals surface area contributed by atoms with E-state index in [4.69, 9.17) is 10.8 Å². The Bertz CT molecular complexity index is 878. The van der Waals surface area contributed by atoms with Gasteiger partial charge in [0.25, 0.3) is 0 Å². The predicted molar refractivity (Wildman–Crippen MR) is 126 cm³/mol. The Hall–Kier alpha value is -2.54. The van der Waals surface area contributed by atoms with Gasteiger partial charge in [0.2, 0.25) is 11.8 Å². The Labute approximate surface area is 189 Å². The van der Waals surface area contributed by atoms with Gasteiger partial charge >= 0.3 is 0 Å². The van der Waals surface area contributed by atoms with E-state index < -0.39 is 0 Å². The number of halogens is 1. The van der Waals surface area contributed by atoms with Crippen molar-refractivity contribution in [2.75, 3.05) is 18.4 Å². The first-order valence-electron chi connectivity index (χ1n) is 9.15. The minimum Gasteiger partial charge on any atom is -0.443 e. The Morgan fingerprint density at radius 2 is 2.07 bits per heavy atom. The van der Waals surface area contributed by atoms with Gasteiger partial charge in [0, 0.05) is 23.2 Å². The topological polar surface area (TPSA) is 91.5 Å². The van der Waals surface area contributed by atoms with Crippen molar-refractivity contribution in [1.82, 2.24) is 15.6 Å². The Balaban J connectivity index is 0.00000420. The highest BCUT2D eigenvalue weighted by atomic mass is 127. The molecule has 0 aliphatic heterocycles. The number of amides is 1. The average Bonchev–Trinajstić information content (AvgIpc) is 3.13. The van der Waals surface area contributed by atoms with Crippen molar-refractivity contribution in [3.63, 3.8) is 0 Å². The van der Waals surface area contributed by atoms with Gasteiger partial charge in [-0.15, -0.1) is 30.4 Å². The molecule has 29 heavy (non-hydrogen) atoms. The number of carbonyl (C=O) groups excluding carboxylic acids is 1. The van der Waals surface area contributed by atoms with Gasteiger partial charge in [-0.3, -0.25) is 4.79 Å². The monoisotopic (exact) mass is 509 g/mol. The van der Waals surface area contributed by atoms with Gasteiger partial charge in [-0.25, -0.2) is 9.98 Å². The number of hydrogen-bond acceptors (Lipinski definition) is 4. The van der Waals surface area contributed by atoms with Crippen molar-refractivity contribution in [2.24, 2.45) is 4.99 Å². The Kier molecular flexibility index (Phi) is 9.68. The van der Waals surface area contributed by atoms with Crippen molar-refractivity contribution in [3.8, 4) is 12.3 Å². The lowest BCUT2D eigenvalue weighted by Crippen LogP contribution is -2.37. The van der Waals surface area contributed by atoms with Gasteiger partial charge in [-0.2, -0.15) is 0 Å². The van der Waals surface area contributed by atoms with E-state index in [-0.39, 0.29) is 41.8 Å². The first kappa shape index (κ1) is 24.5. The zero-order valence-electron chi connectivity index (χ0n) is 17.2. The van der Waals surface area contributed by atoms with Crippen molar-refractivity contribution in [2.45, 2.75) is 39.7 Å². The predicted octanol–water partition coefficient (Wildman–Crippen LogP) is 3.27. The van der Waals surface area contributed by atoms with Crippen LogP contribution >= 0.6 is 24.0 Å². The van der Waals surface area contributed by atoms with Gasteiger partial charge in [0.05, 0.1) is 12.7 Å². The highest BCUT2D eigenvalue weighted by molar-refractivity contribution is 14.0. The molecule has 3 N–H and O–H groups in total. The van der Waals surface area contributed by atoms with E-state index in [0.717, 1.165) is 5.76 Å². The van der Waals surface area contributed by atoms with Gasteiger partial charge in [-0.1, -0.05) is 32.8 Å². The molecule has 0 spiro atoms. The smallest absolute Gasteiger partial charge is 0.246 e. The molecule has 1 amide bonds. The molecule has 2 rings (SSSR count). The normalized spacial score (nSPS) is 11.2. The van der Waals surface area contributed by atoms with Crippen molar-refractivity contribution in [1.29, 1.82) is 0 Å². The lowest BCUT2D eigenvalue weighted by atomic mass is 9.94. The summed E-state index contributed by atoms with van der Waals surface area (Å²) in [6, 6.07) is 7.11. The van der Waals surface area contributed by atoms with Gasteiger partial charge in [0.15, 0.2) is 5.96 Å². The average molecular weight is 509 g/mol. The van der Waals surface area contributed by atoms with E-state index in [1.165, 1.54) is 0 Å². The minimum absolute atomic E-state index is 0. The summed E-state index contributed by atoms with van der Waals surface area (Å²) in [7, 11) is 0. The van der Waals surface area contributed by atoms with Crippen molar-refractivity contribution >= 4 is 41.5 Å². The number of anilines is 1. The number of oxazole rings is 1. The molecule has 0 saturated heterocycles. The third-order valence-electron chi connectivity index (χ3n) is 3.74. The molecule has 0 fully saturated rings. The molecule has 7 nitrogen and oxygen atoms in total. The summed E-state index contributed by atoms with van der Waals surface area (Å²) in [5, 5.41) is 8.99. The van der Waals surface area contributed by atoms with Crippen LogP contribution in [0.1, 0.15) is 44.9 Å². The molecule has 2 aromatic rings. The molecule has 0 aliphatic carbocycles. The lowest BCUT2D eigenvalue weighted by Gasteiger charge is -2.13. The molecule has 156 valence electrons. The summed E-state index contributed by atoms with van der Waals surface area (Å²) >= 11 is 0. The maximum absolute atomic E-state index is 12.2. The van der Waals surface area contributed by atoms with Crippen LogP contribution in [0.2, 0.25) is 0 Å². The van der Waals surface area contributed by atoms with Crippen molar-refractivity contribution in [3.05, 3.63) is 47.7 Å². The number of hydrogen-bond donors (Lipinski definition) is 3. The molecule has 0 atom stereocenters. The highest BCUT2D eigenvalue weighted by Crippen LogP contribution is 2.22. The molecule has 0 radical (unpaired) electrons. The number of benzene rings is 1. The standard InChI is InChI=1S/C21H27N5O2.HI/c1-6-15-9-8-10-16(11-15)26-18(27)13-24-20(22-7-2)25-14-19-23-12-17(28-19)21(3,4)5;/h1,8-12H,7,13-14H2,2-5H3,(H,26,27)(H2,22,24,25);1H. The van der Waals surface area contributed by atoms with Crippen LogP contribution < -0.4 is 16.0 Å². The van der Waals surface area contributed by atoms with Crippen LogP contribution in [0.5, 0.6) is 0 Å². The quantitative estimate of drug-likeness (QED) is 0.241. The third kappa shape index (κ3) is 8.15. The molecule has 1 heterocycles. The van der Waals surface area contributed by atoms with E-state index in [9.17, 15) is 4.79 Å². The Morgan fingerprint density at radius 3 is 2.69 bits per heavy atom. The van der Waals surface area contributed by atoms with E-state index in [0.29, 0.717) is 36.2 Å². The molecule has 1 aromatic carbocycles. The van der Waals surface area contributed by atoms with Gasteiger partial charge < -0.3 is 20.4 Å². The van der Waals surface area contributed by atoms with E-state index in [1.807, 2.05) is 6.92 Å². The number of aliphatic imine (C=N–C) groups is 1. The van der Waals surface area contributed by atoms with Crippen LogP contribution in [0.25, 0.3) is 0 Å². The van der Waals surface area contributed by atoms with Crippen LogP contribution in [0, 0.1) is 12.3 Å². The third-order valence-corrected chi connectivity index (χ3v) is 3.74. The number of guanidine groups is 1. The zero-order chi connectivity index (χ0) is 20.6. The minimum atomic E-state index is -0.238. The van der Waals surface area contributed by atoms with Gasteiger partial charge in [-0.05, 0) is 25.1 Å². The molecular weight excluding hydrogens is 481 g/mol. The molecule has 1 aromatic heterocycles. The fourth-order valence-corrected chi connectivity index (χ4v) is 2.28. The van der Waals surface area contributed by atoms with Crippen LogP contribution in [0.3, 0.4) is 0 Å². The van der Waals surface area contributed by atoms with E-state index >= 15 is 0 Å². The maximum atomic E-state index is 12.2. The molecule has 8 heteroatoms. The molecule has 0 unspecified atom stereocenters. The second kappa shape index (κ2) is 11.5. The number of terminal acetylenes is 1. The fraction of sp³-hybridized carbons (Fsp3) is 0.381. The summed E-state index contributed by atoms with van der Waals surface area (Å²) in [6.45, 7) is 9.14. The van der Waals surface area contributed by atoms with Crippen LogP contribution in [-0.2, 0) is 16.8 Å². The molecule has 0 saturated carbocycles. The summed E-state index contributed by atoms with van der Waals surface area (Å²) in [5.41, 5.74) is 1.25. The van der Waals surface area contributed by atoms with E-state index in [1.54, 1.807) is 30.5 Å². The molecule has 0 aliphatic rings. The maximum Gasteiger partial charge on any atom is 0.246 e. The summed E-state index contributed by atoms with van der Waals surface area (Å²) in [4.78, 5) is 20.7. The van der Waals surface area contributed by atoms with Crippen LogP contribution in [0.15, 0.2) is 39.9 Å².